The summed E-state index contributed by atoms with van der Waals surface area (Å²) in [5, 5.41) is 2.05. The highest BCUT2D eigenvalue weighted by Gasteiger charge is 2.41. The summed E-state index contributed by atoms with van der Waals surface area (Å²) in [5.74, 6) is -1.14. The van der Waals surface area contributed by atoms with Crippen molar-refractivity contribution in [1.82, 2.24) is 14.9 Å². The normalized spacial score (nSPS) is 20.7. The molecular formula is C14H10B4N4O3. The van der Waals surface area contributed by atoms with E-state index in [2.05, 4.69) is 10.3 Å². The number of nitrogens with two attached hydrogens (primary N) is 1. The number of nitrogen functional groups attached to an aromatic ring is 1. The Kier molecular flexibility index (Phi) is 3.85. The lowest BCUT2D eigenvalue weighted by atomic mass is 9.69. The molecule has 0 bridgehead atoms. The van der Waals surface area contributed by atoms with Crippen molar-refractivity contribution >= 4 is 76.2 Å². The molecule has 0 aliphatic carbocycles. The van der Waals surface area contributed by atoms with Gasteiger partial charge in [0.2, 0.25) is 11.8 Å². The molecule has 1 aromatic carbocycles. The largest absolute Gasteiger partial charge is 0.399 e. The van der Waals surface area contributed by atoms with Crippen LogP contribution in [0.3, 0.4) is 0 Å². The first-order valence-corrected chi connectivity index (χ1v) is 7.38. The minimum absolute atomic E-state index is 0.0170. The minimum atomic E-state index is -1.78. The van der Waals surface area contributed by atoms with E-state index in [9.17, 15) is 14.4 Å². The molecule has 7 nitrogen and oxygen atoms in total. The van der Waals surface area contributed by atoms with Crippen molar-refractivity contribution in [2.75, 3.05) is 5.73 Å². The number of aromatic nitrogens is 2. The van der Waals surface area contributed by atoms with Gasteiger partial charge >= 0.3 is 0 Å². The fourth-order valence-electron chi connectivity index (χ4n) is 3.02. The molecule has 0 saturated carbocycles. The summed E-state index contributed by atoms with van der Waals surface area (Å²) in [6, 6.07) is 0. The summed E-state index contributed by atoms with van der Waals surface area (Å²) in [5.41, 5.74) is 3.44. The molecule has 11 heteroatoms. The summed E-state index contributed by atoms with van der Waals surface area (Å²) >= 11 is 0. The number of hydrogen-bond donors (Lipinski definition) is 2. The van der Waals surface area contributed by atoms with Gasteiger partial charge in [0.15, 0.2) is 0 Å². The van der Waals surface area contributed by atoms with Gasteiger partial charge in [-0.15, -0.1) is 5.46 Å². The first kappa shape index (κ1) is 17.4. The minimum Gasteiger partial charge on any atom is -0.399 e. The Morgan fingerprint density at radius 3 is 2.40 bits per heavy atom. The number of nitrogens with zero attached hydrogens (tertiary/aromatic N) is 2. The fourth-order valence-corrected chi connectivity index (χ4v) is 3.02. The summed E-state index contributed by atoms with van der Waals surface area (Å²) in [6.07, 6.45) is -0.0842. The molecule has 1 atom stereocenters. The number of amides is 2. The Morgan fingerprint density at radius 1 is 1.16 bits per heavy atom. The Balaban J connectivity index is 2.41. The number of nitrogens with one attached hydrogen (secondary N) is 1. The number of imide groups is 1. The van der Waals surface area contributed by atoms with Crippen LogP contribution in [0.4, 0.5) is 5.69 Å². The molecule has 3 rings (SSSR count). The molecule has 1 unspecified atom stereocenters. The predicted molar refractivity (Wildman–Crippen MR) is 97.4 cm³/mol. The number of piperidine rings is 1. The summed E-state index contributed by atoms with van der Waals surface area (Å²) in [4.78, 5) is 41.0. The molecule has 1 aliphatic heterocycles. The second-order valence-electron chi connectivity index (χ2n) is 5.98. The zero-order chi connectivity index (χ0) is 18.7. The van der Waals surface area contributed by atoms with Crippen molar-refractivity contribution in [2.24, 2.45) is 0 Å². The standard InChI is InChI=1S/C14H10B4N4O3/c1-4-20-11-6(10(19)8(16)7(15)9(11)17)12(24)22(4)14(18)3-2-5(23)21-13(14)25/h2-3,19H2,1H3,(H,21,23,25). The molecule has 0 spiro atoms. The number of rotatable bonds is 1. The Morgan fingerprint density at radius 2 is 1.80 bits per heavy atom. The van der Waals surface area contributed by atoms with Crippen LogP contribution in [-0.2, 0) is 15.0 Å². The van der Waals surface area contributed by atoms with Gasteiger partial charge in [0.25, 0.3) is 5.56 Å². The highest BCUT2D eigenvalue weighted by atomic mass is 16.2. The molecule has 3 N–H and O–H groups in total. The van der Waals surface area contributed by atoms with Gasteiger partial charge in [-0.25, -0.2) is 4.98 Å². The Labute approximate surface area is 148 Å². The molecule has 1 saturated heterocycles. The number of fused-ring (bicyclic) bond motifs is 1. The van der Waals surface area contributed by atoms with Gasteiger partial charge in [-0.3, -0.25) is 24.3 Å². The van der Waals surface area contributed by atoms with Crippen LogP contribution in [0.25, 0.3) is 10.9 Å². The third kappa shape index (κ3) is 2.33. The Bertz CT molecular complexity index is 1020. The van der Waals surface area contributed by atoms with Crippen LogP contribution < -0.4 is 33.0 Å². The van der Waals surface area contributed by atoms with Crippen LogP contribution in [-0.4, -0.2) is 52.8 Å². The lowest BCUT2D eigenvalue weighted by Crippen LogP contribution is -2.59. The van der Waals surface area contributed by atoms with Crippen LogP contribution in [0, 0.1) is 6.92 Å². The third-order valence-corrected chi connectivity index (χ3v) is 4.42. The van der Waals surface area contributed by atoms with Crippen molar-refractivity contribution < 1.29 is 9.59 Å². The molecule has 1 aliphatic rings. The van der Waals surface area contributed by atoms with E-state index in [0.29, 0.717) is 0 Å². The zero-order valence-corrected chi connectivity index (χ0v) is 13.4. The van der Waals surface area contributed by atoms with Gasteiger partial charge in [-0.2, -0.15) is 0 Å². The van der Waals surface area contributed by atoms with Crippen molar-refractivity contribution in [3.63, 3.8) is 0 Å². The summed E-state index contributed by atoms with van der Waals surface area (Å²) in [6.45, 7) is 1.49. The van der Waals surface area contributed by atoms with Gasteiger partial charge in [0, 0.05) is 12.1 Å². The monoisotopic (exact) mass is 326 g/mol. The molecule has 1 fully saturated rings. The average Bonchev–Trinajstić information content (AvgIpc) is 2.54. The van der Waals surface area contributed by atoms with Crippen molar-refractivity contribution in [2.45, 2.75) is 25.2 Å². The van der Waals surface area contributed by atoms with Crippen LogP contribution in [0.1, 0.15) is 18.7 Å². The van der Waals surface area contributed by atoms with E-state index in [1.165, 1.54) is 6.92 Å². The zero-order valence-electron chi connectivity index (χ0n) is 13.4. The molecule has 2 aromatic rings. The van der Waals surface area contributed by atoms with Crippen LogP contribution in [0.2, 0.25) is 0 Å². The first-order chi connectivity index (χ1) is 11.6. The van der Waals surface area contributed by atoms with E-state index < -0.39 is 22.8 Å². The topological polar surface area (TPSA) is 107 Å². The van der Waals surface area contributed by atoms with Gasteiger partial charge in [-0.05, 0) is 13.3 Å². The number of hydrogen-bond acceptors (Lipinski definition) is 5. The SMILES string of the molecule is [B]c1c([B])c(N)c2c(=O)n(C3([B])CCC(=O)NC3=O)c(C)nc2c1[B]. The highest BCUT2D eigenvalue weighted by molar-refractivity contribution is 6.61. The van der Waals surface area contributed by atoms with Gasteiger partial charge in [-0.1, -0.05) is 10.9 Å². The van der Waals surface area contributed by atoms with Gasteiger partial charge in [0.05, 0.1) is 16.3 Å². The smallest absolute Gasteiger partial charge is 0.263 e. The highest BCUT2D eigenvalue weighted by Crippen LogP contribution is 2.24. The molecule has 116 valence electrons. The molecule has 8 radical (unpaired) electrons. The van der Waals surface area contributed by atoms with Gasteiger partial charge < -0.3 is 5.73 Å². The van der Waals surface area contributed by atoms with Crippen LogP contribution in [0.15, 0.2) is 4.79 Å². The first-order valence-electron chi connectivity index (χ1n) is 7.38. The summed E-state index contributed by atoms with van der Waals surface area (Å²) in [7, 11) is 23.7. The second kappa shape index (κ2) is 5.54. The van der Waals surface area contributed by atoms with Crippen LogP contribution >= 0.6 is 0 Å². The number of carbonyl (C=O) groups excluding carboxylic acids is 2. The molecule has 25 heavy (non-hydrogen) atoms. The van der Waals surface area contributed by atoms with Crippen LogP contribution in [0.5, 0.6) is 0 Å². The maximum absolute atomic E-state index is 13.1. The number of aryl methyl sites for hydroxylation is 1. The fraction of sp³-hybridized carbons (Fsp3) is 0.286. The van der Waals surface area contributed by atoms with Gasteiger partial charge in [0.1, 0.15) is 37.2 Å². The molecule has 1 aromatic heterocycles. The number of carbonyl (C=O) groups is 2. The van der Waals surface area contributed by atoms with E-state index in [4.69, 9.17) is 37.1 Å². The third-order valence-electron chi connectivity index (χ3n) is 4.42. The number of benzene rings is 1. The second-order valence-corrected chi connectivity index (χ2v) is 5.98. The molecule has 2 heterocycles. The summed E-state index contributed by atoms with van der Waals surface area (Å²) < 4.78 is 1.00. The lowest BCUT2D eigenvalue weighted by molar-refractivity contribution is -0.137. The van der Waals surface area contributed by atoms with E-state index in [1.54, 1.807) is 0 Å². The van der Waals surface area contributed by atoms with Crippen molar-refractivity contribution in [3.8, 4) is 0 Å². The van der Waals surface area contributed by atoms with Crippen molar-refractivity contribution in [3.05, 3.63) is 16.2 Å². The maximum atomic E-state index is 13.1. The maximum Gasteiger partial charge on any atom is 0.263 e. The lowest BCUT2D eigenvalue weighted by Gasteiger charge is -2.35. The quantitative estimate of drug-likeness (QED) is 0.315. The average molecular weight is 326 g/mol. The molecule has 2 amide bonds. The molecular weight excluding hydrogens is 315 g/mol. The van der Waals surface area contributed by atoms with E-state index >= 15 is 0 Å². The van der Waals surface area contributed by atoms with E-state index in [-0.39, 0.29) is 51.6 Å². The Hall–Kier alpha value is -2.44. The van der Waals surface area contributed by atoms with Crippen molar-refractivity contribution in [1.29, 1.82) is 0 Å². The van der Waals surface area contributed by atoms with E-state index in [0.717, 1.165) is 4.57 Å². The predicted octanol–water partition coefficient (Wildman–Crippen LogP) is -4.07. The number of anilines is 1. The van der Waals surface area contributed by atoms with E-state index in [1.807, 2.05) is 0 Å².